The Hall–Kier alpha value is -1.69. The van der Waals surface area contributed by atoms with Crippen molar-refractivity contribution < 1.29 is 9.90 Å². The number of thiophene rings is 1. The summed E-state index contributed by atoms with van der Waals surface area (Å²) < 4.78 is 0. The predicted molar refractivity (Wildman–Crippen MR) is 77.2 cm³/mol. The van der Waals surface area contributed by atoms with Gasteiger partial charge < -0.3 is 10.1 Å². The second-order valence-corrected chi connectivity index (χ2v) is 6.36. The molecule has 0 radical (unpaired) electrons. The number of carbonyl (C=O) groups is 1. The second kappa shape index (κ2) is 5.01. The average molecular weight is 292 g/mol. The van der Waals surface area contributed by atoms with Crippen molar-refractivity contribution in [3.63, 3.8) is 0 Å². The van der Waals surface area contributed by atoms with Crippen LogP contribution in [0.1, 0.15) is 30.2 Å². The molecule has 0 aromatic carbocycles. The Morgan fingerprint density at radius 3 is 3.15 bits per heavy atom. The summed E-state index contributed by atoms with van der Waals surface area (Å²) in [5.74, 6) is -0.941. The lowest BCUT2D eigenvalue weighted by molar-refractivity contribution is -0.144. The fourth-order valence-corrected chi connectivity index (χ4v) is 4.38. The Bertz CT molecular complexity index is 719. The van der Waals surface area contributed by atoms with Crippen molar-refractivity contribution in [3.05, 3.63) is 27.1 Å². The molecule has 0 amide bonds. The van der Waals surface area contributed by atoms with E-state index in [1.807, 2.05) is 6.92 Å². The molecule has 2 heterocycles. The molecule has 20 heavy (non-hydrogen) atoms. The van der Waals surface area contributed by atoms with Gasteiger partial charge >= 0.3 is 5.97 Å². The number of aromatic nitrogens is 2. The first-order chi connectivity index (χ1) is 9.61. The SMILES string of the molecule is CCC(C(=O)O)C1CCc2sc3nc[nH]c(=O)c3c2C1. The molecule has 106 valence electrons. The van der Waals surface area contributed by atoms with Crippen LogP contribution in [0.2, 0.25) is 0 Å². The van der Waals surface area contributed by atoms with Crippen LogP contribution < -0.4 is 5.56 Å². The molecule has 1 aliphatic rings. The van der Waals surface area contributed by atoms with E-state index in [2.05, 4.69) is 9.97 Å². The van der Waals surface area contributed by atoms with E-state index in [-0.39, 0.29) is 17.4 Å². The third-order valence-electron chi connectivity index (χ3n) is 4.21. The molecule has 2 atom stereocenters. The third-order valence-corrected chi connectivity index (χ3v) is 5.41. The van der Waals surface area contributed by atoms with Gasteiger partial charge in [0.15, 0.2) is 0 Å². The highest BCUT2D eigenvalue weighted by atomic mass is 32.1. The molecule has 2 aromatic heterocycles. The van der Waals surface area contributed by atoms with E-state index in [1.54, 1.807) is 11.3 Å². The van der Waals surface area contributed by atoms with Crippen molar-refractivity contribution >= 4 is 27.5 Å². The van der Waals surface area contributed by atoms with Crippen molar-refractivity contribution in [3.8, 4) is 0 Å². The van der Waals surface area contributed by atoms with E-state index in [1.165, 1.54) is 11.2 Å². The van der Waals surface area contributed by atoms with Crippen LogP contribution in [0.25, 0.3) is 10.2 Å². The lowest BCUT2D eigenvalue weighted by Gasteiger charge is -2.26. The van der Waals surface area contributed by atoms with E-state index >= 15 is 0 Å². The van der Waals surface area contributed by atoms with Gasteiger partial charge in [-0.2, -0.15) is 0 Å². The van der Waals surface area contributed by atoms with E-state index in [4.69, 9.17) is 0 Å². The minimum absolute atomic E-state index is 0.113. The van der Waals surface area contributed by atoms with Crippen LogP contribution >= 0.6 is 11.3 Å². The summed E-state index contributed by atoms with van der Waals surface area (Å²) in [7, 11) is 0. The number of carboxylic acids is 1. The summed E-state index contributed by atoms with van der Waals surface area (Å²) in [4.78, 5) is 32.1. The minimum atomic E-state index is -0.729. The van der Waals surface area contributed by atoms with Gasteiger partial charge in [-0.15, -0.1) is 11.3 Å². The first-order valence-electron chi connectivity index (χ1n) is 6.82. The van der Waals surface area contributed by atoms with Crippen molar-refractivity contribution in [1.29, 1.82) is 0 Å². The standard InChI is InChI=1S/C14H16N2O3S/c1-2-8(14(18)19)7-3-4-10-9(5-7)11-12(17)15-6-16-13(11)20-10/h6-8H,2-5H2,1H3,(H,18,19)(H,15,16,17). The summed E-state index contributed by atoms with van der Waals surface area (Å²) >= 11 is 1.57. The molecule has 5 nitrogen and oxygen atoms in total. The van der Waals surface area contributed by atoms with Gasteiger partial charge in [-0.25, -0.2) is 4.98 Å². The zero-order valence-electron chi connectivity index (χ0n) is 11.2. The van der Waals surface area contributed by atoms with Crippen LogP contribution in [0, 0.1) is 11.8 Å². The molecule has 0 saturated heterocycles. The third kappa shape index (κ3) is 2.04. The van der Waals surface area contributed by atoms with Gasteiger partial charge in [0, 0.05) is 4.88 Å². The second-order valence-electron chi connectivity index (χ2n) is 5.27. The maximum Gasteiger partial charge on any atom is 0.306 e. The van der Waals surface area contributed by atoms with Crippen LogP contribution in [0.15, 0.2) is 11.1 Å². The fraction of sp³-hybridized carbons (Fsp3) is 0.500. The highest BCUT2D eigenvalue weighted by molar-refractivity contribution is 7.18. The van der Waals surface area contributed by atoms with Crippen molar-refractivity contribution in [1.82, 2.24) is 9.97 Å². The fourth-order valence-electron chi connectivity index (χ4n) is 3.20. The zero-order valence-corrected chi connectivity index (χ0v) is 12.0. The number of hydrogen-bond donors (Lipinski definition) is 2. The minimum Gasteiger partial charge on any atom is -0.481 e. The molecule has 2 unspecified atom stereocenters. The summed E-state index contributed by atoms with van der Waals surface area (Å²) in [5.41, 5.74) is 0.909. The highest BCUT2D eigenvalue weighted by Gasteiger charge is 2.32. The van der Waals surface area contributed by atoms with Crippen LogP contribution in [-0.4, -0.2) is 21.0 Å². The Balaban J connectivity index is 2.04. The van der Waals surface area contributed by atoms with Crippen LogP contribution in [0.4, 0.5) is 0 Å². The van der Waals surface area contributed by atoms with Crippen molar-refractivity contribution in [2.24, 2.45) is 11.8 Å². The van der Waals surface area contributed by atoms with Crippen LogP contribution in [0.3, 0.4) is 0 Å². The smallest absolute Gasteiger partial charge is 0.306 e. The number of H-pyrrole nitrogens is 1. The van der Waals surface area contributed by atoms with E-state index in [0.29, 0.717) is 18.2 Å². The van der Waals surface area contributed by atoms with Crippen molar-refractivity contribution in [2.75, 3.05) is 0 Å². The Morgan fingerprint density at radius 1 is 1.65 bits per heavy atom. The van der Waals surface area contributed by atoms with Gasteiger partial charge in [-0.1, -0.05) is 6.92 Å². The molecule has 1 aliphatic carbocycles. The molecular formula is C14H16N2O3S. The molecule has 0 bridgehead atoms. The quantitative estimate of drug-likeness (QED) is 0.908. The zero-order chi connectivity index (χ0) is 14.3. The Kier molecular flexibility index (Phi) is 3.33. The van der Waals surface area contributed by atoms with Gasteiger partial charge in [0.1, 0.15) is 4.83 Å². The summed E-state index contributed by atoms with van der Waals surface area (Å²) in [5, 5.41) is 9.98. The number of carboxylic acid groups (broad SMARTS) is 1. The summed E-state index contributed by atoms with van der Waals surface area (Å²) in [6.07, 6.45) is 4.46. The molecule has 0 fully saturated rings. The number of aliphatic carboxylic acids is 1. The maximum absolute atomic E-state index is 12.0. The molecule has 0 spiro atoms. The number of nitrogens with zero attached hydrogens (tertiary/aromatic N) is 1. The number of fused-ring (bicyclic) bond motifs is 3. The lowest BCUT2D eigenvalue weighted by atomic mass is 9.78. The molecule has 2 aromatic rings. The first-order valence-corrected chi connectivity index (χ1v) is 7.64. The number of aromatic amines is 1. The van der Waals surface area contributed by atoms with E-state index in [0.717, 1.165) is 23.2 Å². The molecule has 6 heteroatoms. The van der Waals surface area contributed by atoms with E-state index in [9.17, 15) is 14.7 Å². The number of nitrogens with one attached hydrogen (secondary N) is 1. The Labute approximate surface area is 119 Å². The summed E-state index contributed by atoms with van der Waals surface area (Å²) in [6.45, 7) is 1.91. The van der Waals surface area contributed by atoms with Crippen molar-refractivity contribution in [2.45, 2.75) is 32.6 Å². The van der Waals surface area contributed by atoms with Crippen LogP contribution in [-0.2, 0) is 17.6 Å². The highest BCUT2D eigenvalue weighted by Crippen LogP contribution is 2.38. The number of aryl methyl sites for hydroxylation is 1. The van der Waals surface area contributed by atoms with E-state index < -0.39 is 5.97 Å². The number of hydrogen-bond acceptors (Lipinski definition) is 4. The summed E-state index contributed by atoms with van der Waals surface area (Å²) in [6, 6.07) is 0. The normalized spacial score (nSPS) is 19.8. The molecule has 0 saturated carbocycles. The molecule has 3 rings (SSSR count). The van der Waals surface area contributed by atoms with Crippen LogP contribution in [0.5, 0.6) is 0 Å². The molecule has 2 N–H and O–H groups in total. The predicted octanol–water partition coefficient (Wildman–Crippen LogP) is 2.20. The van der Waals surface area contributed by atoms with Gasteiger partial charge in [0.05, 0.1) is 17.6 Å². The van der Waals surface area contributed by atoms with Gasteiger partial charge in [0.2, 0.25) is 0 Å². The maximum atomic E-state index is 12.0. The largest absolute Gasteiger partial charge is 0.481 e. The number of rotatable bonds is 3. The monoisotopic (exact) mass is 292 g/mol. The topological polar surface area (TPSA) is 83.0 Å². The molecular weight excluding hydrogens is 276 g/mol. The van der Waals surface area contributed by atoms with Gasteiger partial charge in [-0.05, 0) is 37.2 Å². The van der Waals surface area contributed by atoms with Gasteiger partial charge in [-0.3, -0.25) is 9.59 Å². The van der Waals surface area contributed by atoms with Gasteiger partial charge in [0.25, 0.3) is 5.56 Å². The Morgan fingerprint density at radius 2 is 2.45 bits per heavy atom. The average Bonchev–Trinajstić information content (AvgIpc) is 2.78. The first kappa shape index (κ1) is 13.3. The lowest BCUT2D eigenvalue weighted by Crippen LogP contribution is -2.28. The molecule has 0 aliphatic heterocycles.